The molecule has 20 heavy (non-hydrogen) atoms. The van der Waals surface area contributed by atoms with E-state index in [9.17, 15) is 5.11 Å². The average molecular weight is 322 g/mol. The standard InChI is InChI=1S/C13H20ClN3O2.ClH/c1-3-17(4-2)9-12(18)10-19-16-13(14)11-6-5-7-15-8-11;/h5-8,12,18H,3-4,9-10H2,1-2H3;1H/b16-13-;. The third-order valence-electron chi connectivity index (χ3n) is 2.67. The molecule has 1 aromatic heterocycles. The van der Waals surface area contributed by atoms with Gasteiger partial charge in [-0.3, -0.25) is 4.98 Å². The summed E-state index contributed by atoms with van der Waals surface area (Å²) in [4.78, 5) is 11.1. The lowest BCUT2D eigenvalue weighted by atomic mass is 10.3. The monoisotopic (exact) mass is 321 g/mol. The molecule has 1 heterocycles. The summed E-state index contributed by atoms with van der Waals surface area (Å²) in [6.45, 7) is 6.57. The van der Waals surface area contributed by atoms with Crippen molar-refractivity contribution in [1.82, 2.24) is 9.88 Å². The number of pyridine rings is 1. The molecule has 1 unspecified atom stereocenters. The van der Waals surface area contributed by atoms with Crippen LogP contribution in [0.4, 0.5) is 0 Å². The number of hydrogen-bond donors (Lipinski definition) is 1. The minimum Gasteiger partial charge on any atom is -0.392 e. The van der Waals surface area contributed by atoms with Gasteiger partial charge in [-0.15, -0.1) is 12.4 Å². The predicted octanol–water partition coefficient (Wildman–Crippen LogP) is 2.12. The molecule has 0 aliphatic carbocycles. The lowest BCUT2D eigenvalue weighted by Gasteiger charge is -2.20. The summed E-state index contributed by atoms with van der Waals surface area (Å²) >= 11 is 5.94. The summed E-state index contributed by atoms with van der Waals surface area (Å²) in [7, 11) is 0. The van der Waals surface area contributed by atoms with E-state index in [1.807, 2.05) is 0 Å². The molecule has 0 amide bonds. The Morgan fingerprint density at radius 1 is 1.50 bits per heavy atom. The number of hydrogen-bond acceptors (Lipinski definition) is 5. The maximum absolute atomic E-state index is 9.77. The first kappa shape index (κ1) is 19.1. The van der Waals surface area contributed by atoms with Crippen molar-refractivity contribution in [3.63, 3.8) is 0 Å². The Bertz CT molecular complexity index is 386. The van der Waals surface area contributed by atoms with E-state index in [-0.39, 0.29) is 24.2 Å². The first-order valence-corrected chi connectivity index (χ1v) is 6.71. The number of aromatic nitrogens is 1. The molecule has 0 aliphatic rings. The van der Waals surface area contributed by atoms with Gasteiger partial charge in [0.1, 0.15) is 12.7 Å². The molecule has 1 atom stereocenters. The molecule has 0 radical (unpaired) electrons. The Kier molecular flexibility index (Phi) is 10.4. The zero-order valence-corrected chi connectivity index (χ0v) is 13.3. The first-order valence-electron chi connectivity index (χ1n) is 6.33. The largest absolute Gasteiger partial charge is 0.392 e. The van der Waals surface area contributed by atoms with Gasteiger partial charge in [0.25, 0.3) is 0 Å². The molecule has 1 rings (SSSR count). The molecule has 1 N–H and O–H groups in total. The van der Waals surface area contributed by atoms with Crippen LogP contribution in [-0.2, 0) is 4.84 Å². The van der Waals surface area contributed by atoms with Gasteiger partial charge < -0.3 is 14.8 Å². The van der Waals surface area contributed by atoms with E-state index in [0.29, 0.717) is 12.1 Å². The van der Waals surface area contributed by atoms with Crippen molar-refractivity contribution in [3.8, 4) is 0 Å². The second-order valence-electron chi connectivity index (χ2n) is 4.06. The number of oxime groups is 1. The highest BCUT2D eigenvalue weighted by molar-refractivity contribution is 6.69. The second-order valence-corrected chi connectivity index (χ2v) is 4.42. The SMILES string of the molecule is CCN(CC)CC(O)CO/N=C(\Cl)c1cccnc1.Cl. The number of nitrogens with zero attached hydrogens (tertiary/aromatic N) is 3. The van der Waals surface area contributed by atoms with E-state index in [1.165, 1.54) is 0 Å². The Morgan fingerprint density at radius 3 is 2.75 bits per heavy atom. The highest BCUT2D eigenvalue weighted by Crippen LogP contribution is 2.03. The Balaban J connectivity index is 0.00000361. The van der Waals surface area contributed by atoms with E-state index in [0.717, 1.165) is 13.1 Å². The van der Waals surface area contributed by atoms with Crippen molar-refractivity contribution >= 4 is 29.2 Å². The van der Waals surface area contributed by atoms with Gasteiger partial charge in [-0.1, -0.05) is 30.6 Å². The summed E-state index contributed by atoms with van der Waals surface area (Å²) < 4.78 is 0. The molecule has 0 spiro atoms. The molecule has 0 saturated heterocycles. The minimum atomic E-state index is -0.581. The fourth-order valence-corrected chi connectivity index (χ4v) is 1.71. The van der Waals surface area contributed by atoms with Gasteiger partial charge in [0.2, 0.25) is 0 Å². The smallest absolute Gasteiger partial charge is 0.177 e. The Hall–Kier alpha value is -0.880. The van der Waals surface area contributed by atoms with Crippen molar-refractivity contribution in [2.24, 2.45) is 5.16 Å². The molecule has 0 bridgehead atoms. The third-order valence-corrected chi connectivity index (χ3v) is 2.96. The van der Waals surface area contributed by atoms with Crippen LogP contribution in [0.5, 0.6) is 0 Å². The molecule has 1 aromatic rings. The van der Waals surface area contributed by atoms with Gasteiger partial charge in [-0.25, -0.2) is 0 Å². The van der Waals surface area contributed by atoms with E-state index >= 15 is 0 Å². The van der Waals surface area contributed by atoms with E-state index in [2.05, 4.69) is 28.9 Å². The van der Waals surface area contributed by atoms with Gasteiger partial charge in [-0.05, 0) is 25.2 Å². The van der Waals surface area contributed by atoms with E-state index < -0.39 is 6.10 Å². The molecule has 5 nitrogen and oxygen atoms in total. The van der Waals surface area contributed by atoms with Gasteiger partial charge in [0.15, 0.2) is 5.17 Å². The highest BCUT2D eigenvalue weighted by atomic mass is 35.5. The molecular formula is C13H21Cl2N3O2. The van der Waals surface area contributed by atoms with Crippen molar-refractivity contribution in [3.05, 3.63) is 30.1 Å². The van der Waals surface area contributed by atoms with Crippen molar-refractivity contribution < 1.29 is 9.94 Å². The third kappa shape index (κ3) is 7.05. The van der Waals surface area contributed by atoms with Crippen LogP contribution in [0.1, 0.15) is 19.4 Å². The Labute approximate surface area is 131 Å². The summed E-state index contributed by atoms with van der Waals surface area (Å²) in [6.07, 6.45) is 2.67. The quantitative estimate of drug-likeness (QED) is 0.588. The van der Waals surface area contributed by atoms with Crippen LogP contribution in [0.15, 0.2) is 29.7 Å². The predicted molar refractivity (Wildman–Crippen MR) is 83.6 cm³/mol. The minimum absolute atomic E-state index is 0. The van der Waals surface area contributed by atoms with Crippen LogP contribution in [0.2, 0.25) is 0 Å². The maximum atomic E-state index is 9.77. The number of halogens is 2. The molecule has 0 aliphatic heterocycles. The fraction of sp³-hybridized carbons (Fsp3) is 0.538. The molecule has 114 valence electrons. The van der Waals surface area contributed by atoms with E-state index in [4.69, 9.17) is 16.4 Å². The van der Waals surface area contributed by atoms with Gasteiger partial charge in [0, 0.05) is 24.5 Å². The van der Waals surface area contributed by atoms with Crippen molar-refractivity contribution in [2.75, 3.05) is 26.2 Å². The number of likely N-dealkylation sites (N-methyl/N-ethyl adjacent to an activating group) is 1. The molecule has 0 fully saturated rings. The maximum Gasteiger partial charge on any atom is 0.177 e. The number of aliphatic hydroxyl groups is 1. The number of aliphatic hydroxyl groups excluding tert-OH is 1. The zero-order valence-electron chi connectivity index (χ0n) is 11.7. The molecular weight excluding hydrogens is 301 g/mol. The lowest BCUT2D eigenvalue weighted by molar-refractivity contribution is 0.0211. The molecule has 0 saturated carbocycles. The summed E-state index contributed by atoms with van der Waals surface area (Å²) in [5.41, 5.74) is 0.683. The fourth-order valence-electron chi connectivity index (χ4n) is 1.55. The van der Waals surface area contributed by atoms with Crippen LogP contribution < -0.4 is 0 Å². The van der Waals surface area contributed by atoms with Crippen LogP contribution in [0.3, 0.4) is 0 Å². The highest BCUT2D eigenvalue weighted by Gasteiger charge is 2.09. The first-order chi connectivity index (χ1) is 9.17. The average Bonchev–Trinajstić information content (AvgIpc) is 2.45. The van der Waals surface area contributed by atoms with E-state index in [1.54, 1.807) is 24.5 Å². The normalized spacial score (nSPS) is 12.9. The van der Waals surface area contributed by atoms with Crippen LogP contribution in [0, 0.1) is 0 Å². The molecule has 0 aromatic carbocycles. The lowest BCUT2D eigenvalue weighted by Crippen LogP contribution is -2.34. The summed E-state index contributed by atoms with van der Waals surface area (Å²) in [6, 6.07) is 3.55. The topological polar surface area (TPSA) is 58.0 Å². The van der Waals surface area contributed by atoms with Gasteiger partial charge in [-0.2, -0.15) is 0 Å². The van der Waals surface area contributed by atoms with Crippen molar-refractivity contribution in [2.45, 2.75) is 20.0 Å². The van der Waals surface area contributed by atoms with Gasteiger partial charge in [0.05, 0.1) is 0 Å². The Morgan fingerprint density at radius 2 is 2.20 bits per heavy atom. The number of rotatable bonds is 8. The van der Waals surface area contributed by atoms with Crippen LogP contribution in [0.25, 0.3) is 0 Å². The second kappa shape index (κ2) is 10.9. The van der Waals surface area contributed by atoms with Crippen LogP contribution in [-0.4, -0.2) is 52.5 Å². The summed E-state index contributed by atoms with van der Waals surface area (Å²) in [5.74, 6) is 0. The summed E-state index contributed by atoms with van der Waals surface area (Å²) in [5, 5.41) is 13.8. The van der Waals surface area contributed by atoms with Crippen LogP contribution >= 0.6 is 24.0 Å². The van der Waals surface area contributed by atoms with Gasteiger partial charge >= 0.3 is 0 Å². The zero-order chi connectivity index (χ0) is 14.1. The van der Waals surface area contributed by atoms with Crippen molar-refractivity contribution in [1.29, 1.82) is 0 Å². The molecule has 7 heteroatoms.